The highest BCUT2D eigenvalue weighted by Crippen LogP contribution is 2.23. The highest BCUT2D eigenvalue weighted by Gasteiger charge is 2.07. The summed E-state index contributed by atoms with van der Waals surface area (Å²) in [5.74, 6) is -0.162. The van der Waals surface area contributed by atoms with Gasteiger partial charge < -0.3 is 0 Å². The van der Waals surface area contributed by atoms with Crippen LogP contribution in [0.4, 0.5) is 0 Å². The Bertz CT molecular complexity index is 820. The molecule has 0 aliphatic heterocycles. The van der Waals surface area contributed by atoms with Crippen molar-refractivity contribution in [2.75, 3.05) is 0 Å². The van der Waals surface area contributed by atoms with E-state index in [2.05, 4.69) is 17.5 Å². The molecule has 1 aromatic heterocycles. The van der Waals surface area contributed by atoms with E-state index in [1.165, 1.54) is 12.8 Å². The summed E-state index contributed by atoms with van der Waals surface area (Å²) in [5, 5.41) is 5.37. The van der Waals surface area contributed by atoms with Crippen molar-refractivity contribution in [3.05, 3.63) is 70.5 Å². The molecule has 0 radical (unpaired) electrons. The molecule has 1 N–H and O–H groups in total. The second-order valence-electron chi connectivity index (χ2n) is 6.50. The molecule has 0 unspecified atom stereocenters. The van der Waals surface area contributed by atoms with E-state index in [1.807, 2.05) is 48.8 Å². The summed E-state index contributed by atoms with van der Waals surface area (Å²) in [6.45, 7) is 2.41. The van der Waals surface area contributed by atoms with E-state index in [9.17, 15) is 4.79 Å². The molecule has 0 spiro atoms. The summed E-state index contributed by atoms with van der Waals surface area (Å²) in [7, 11) is 0. The minimum absolute atomic E-state index is 0.162. The first-order chi connectivity index (χ1) is 13.6. The highest BCUT2D eigenvalue weighted by atomic mass is 35.5. The van der Waals surface area contributed by atoms with E-state index in [0.29, 0.717) is 10.0 Å². The van der Waals surface area contributed by atoms with Gasteiger partial charge in [-0.2, -0.15) is 9.67 Å². The quantitative estimate of drug-likeness (QED) is 0.237. The Morgan fingerprint density at radius 1 is 1.11 bits per heavy atom. The summed E-state index contributed by atoms with van der Waals surface area (Å²) in [6, 6.07) is 11.1. The van der Waals surface area contributed by atoms with Crippen LogP contribution in [-0.2, 0) is 11.3 Å². The van der Waals surface area contributed by atoms with Gasteiger partial charge in [-0.05, 0) is 36.6 Å². The predicted octanol–water partition coefficient (Wildman–Crippen LogP) is 5.44. The predicted molar refractivity (Wildman–Crippen MR) is 116 cm³/mol. The number of carbonyl (C=O) groups is 1. The number of hydrazone groups is 1. The molecule has 2 aromatic rings. The lowest BCUT2D eigenvalue weighted by atomic mass is 10.1. The second kappa shape index (κ2) is 12.3. The van der Waals surface area contributed by atoms with Gasteiger partial charge in [0.15, 0.2) is 12.4 Å². The molecule has 4 nitrogen and oxygen atoms in total. The number of nitrogens with zero attached hydrogens (tertiary/aromatic N) is 2. The van der Waals surface area contributed by atoms with Crippen molar-refractivity contribution in [2.45, 2.75) is 45.6 Å². The van der Waals surface area contributed by atoms with Crippen molar-refractivity contribution in [3.8, 4) is 0 Å². The Morgan fingerprint density at radius 3 is 2.61 bits per heavy atom. The maximum atomic E-state index is 12.2. The van der Waals surface area contributed by atoms with E-state index in [1.54, 1.807) is 16.7 Å². The monoisotopic (exact) mass is 418 g/mol. The van der Waals surface area contributed by atoms with Crippen molar-refractivity contribution in [3.63, 3.8) is 0 Å². The van der Waals surface area contributed by atoms with Crippen LogP contribution in [0.25, 0.3) is 6.08 Å². The number of amides is 1. The van der Waals surface area contributed by atoms with Crippen LogP contribution in [0.2, 0.25) is 10.0 Å². The average Bonchev–Trinajstić information content (AvgIpc) is 2.70. The SMILES string of the molecule is CCCCCCC(C=Cc1ccc(Cl)c(Cl)c1)=NNC(=O)C[n+]1ccccc1. The largest absolute Gasteiger partial charge is 0.305 e. The van der Waals surface area contributed by atoms with Crippen molar-refractivity contribution < 1.29 is 9.36 Å². The number of pyridine rings is 1. The van der Waals surface area contributed by atoms with Gasteiger partial charge in [0.2, 0.25) is 6.54 Å². The lowest BCUT2D eigenvalue weighted by Gasteiger charge is -2.04. The molecule has 148 valence electrons. The third kappa shape index (κ3) is 8.24. The summed E-state index contributed by atoms with van der Waals surface area (Å²) >= 11 is 12.0. The molecule has 1 heterocycles. The lowest BCUT2D eigenvalue weighted by molar-refractivity contribution is -0.684. The maximum absolute atomic E-state index is 12.2. The van der Waals surface area contributed by atoms with Crippen molar-refractivity contribution >= 4 is 40.9 Å². The lowest BCUT2D eigenvalue weighted by Crippen LogP contribution is -2.41. The number of aromatic nitrogens is 1. The Kier molecular flexibility index (Phi) is 9.73. The molecule has 0 atom stereocenters. The van der Waals surface area contributed by atoms with Gasteiger partial charge in [-0.1, -0.05) is 67.6 Å². The second-order valence-corrected chi connectivity index (χ2v) is 7.32. The number of allylic oxidation sites excluding steroid dienone is 1. The first kappa shape index (κ1) is 22.1. The molecule has 0 saturated carbocycles. The highest BCUT2D eigenvalue weighted by molar-refractivity contribution is 6.42. The number of benzene rings is 1. The van der Waals surface area contributed by atoms with Gasteiger partial charge in [-0.15, -0.1) is 0 Å². The molecule has 0 fully saturated rings. The fourth-order valence-electron chi connectivity index (χ4n) is 2.59. The Labute approximate surface area is 176 Å². The summed E-state index contributed by atoms with van der Waals surface area (Å²) in [4.78, 5) is 12.2. The smallest absolute Gasteiger partial charge is 0.266 e. The Morgan fingerprint density at radius 2 is 1.89 bits per heavy atom. The van der Waals surface area contributed by atoms with Crippen LogP contribution in [0.1, 0.15) is 44.6 Å². The minimum atomic E-state index is -0.162. The summed E-state index contributed by atoms with van der Waals surface area (Å²) in [5.41, 5.74) is 4.42. The summed E-state index contributed by atoms with van der Waals surface area (Å²) < 4.78 is 1.80. The van der Waals surface area contributed by atoms with E-state index in [-0.39, 0.29) is 12.5 Å². The van der Waals surface area contributed by atoms with Crippen LogP contribution in [0.3, 0.4) is 0 Å². The molecule has 2 rings (SSSR count). The van der Waals surface area contributed by atoms with E-state index >= 15 is 0 Å². The van der Waals surface area contributed by atoms with Gasteiger partial charge in [0.05, 0.1) is 15.8 Å². The molecule has 0 bridgehead atoms. The van der Waals surface area contributed by atoms with Crippen molar-refractivity contribution in [1.82, 2.24) is 5.43 Å². The van der Waals surface area contributed by atoms with Crippen molar-refractivity contribution in [1.29, 1.82) is 0 Å². The Balaban J connectivity index is 2.02. The normalized spacial score (nSPS) is 11.8. The topological polar surface area (TPSA) is 45.3 Å². The first-order valence-corrected chi connectivity index (χ1v) is 10.3. The zero-order valence-corrected chi connectivity index (χ0v) is 17.6. The number of nitrogens with one attached hydrogen (secondary N) is 1. The number of halogens is 2. The van der Waals surface area contributed by atoms with E-state index in [4.69, 9.17) is 23.2 Å². The third-order valence-electron chi connectivity index (χ3n) is 4.13. The third-order valence-corrected chi connectivity index (χ3v) is 4.87. The molecule has 28 heavy (non-hydrogen) atoms. The van der Waals surface area contributed by atoms with Crippen LogP contribution >= 0.6 is 23.2 Å². The van der Waals surface area contributed by atoms with E-state index < -0.39 is 0 Å². The summed E-state index contributed by atoms with van der Waals surface area (Å²) in [6.07, 6.45) is 12.9. The fraction of sp³-hybridized carbons (Fsp3) is 0.318. The van der Waals surface area contributed by atoms with Crippen molar-refractivity contribution in [2.24, 2.45) is 5.10 Å². The van der Waals surface area contributed by atoms with Gasteiger partial charge in [-0.3, -0.25) is 4.79 Å². The standard InChI is InChI=1S/C22H25Cl2N3O/c1-2-3-4-6-9-19(12-10-18-11-13-20(23)21(24)16-18)25-26-22(28)17-27-14-7-5-8-15-27/h5,7-8,10-16H,2-4,6,9,17H2,1H3/p+1. The van der Waals surface area contributed by atoms with Crippen LogP contribution in [0.15, 0.2) is 60.0 Å². The molecular weight excluding hydrogens is 393 g/mol. The molecule has 0 aliphatic carbocycles. The van der Waals surface area contributed by atoms with Gasteiger partial charge in [-0.25, -0.2) is 5.43 Å². The molecule has 0 saturated heterocycles. The molecule has 6 heteroatoms. The van der Waals surface area contributed by atoms with Crippen LogP contribution in [0.5, 0.6) is 0 Å². The van der Waals surface area contributed by atoms with Gasteiger partial charge in [0, 0.05) is 12.1 Å². The first-order valence-electron chi connectivity index (χ1n) is 9.51. The maximum Gasteiger partial charge on any atom is 0.305 e. The Hall–Kier alpha value is -2.17. The number of carbonyl (C=O) groups excluding carboxylic acids is 1. The number of unbranched alkanes of at least 4 members (excludes halogenated alkanes) is 3. The average molecular weight is 419 g/mol. The molecular formula is C22H26Cl2N3O+. The minimum Gasteiger partial charge on any atom is -0.266 e. The molecule has 1 amide bonds. The number of hydrogen-bond acceptors (Lipinski definition) is 2. The van der Waals surface area contributed by atoms with E-state index in [0.717, 1.165) is 30.5 Å². The van der Waals surface area contributed by atoms with Crippen LogP contribution in [-0.4, -0.2) is 11.6 Å². The van der Waals surface area contributed by atoms with Gasteiger partial charge in [0.25, 0.3) is 0 Å². The molecule has 0 aliphatic rings. The molecule has 1 aromatic carbocycles. The number of hydrogen-bond donors (Lipinski definition) is 1. The fourth-order valence-corrected chi connectivity index (χ4v) is 2.90. The van der Waals surface area contributed by atoms with Crippen LogP contribution in [0, 0.1) is 0 Å². The zero-order chi connectivity index (χ0) is 20.2. The van der Waals surface area contributed by atoms with Gasteiger partial charge >= 0.3 is 5.91 Å². The number of rotatable bonds is 10. The van der Waals surface area contributed by atoms with Gasteiger partial charge in [0.1, 0.15) is 0 Å². The zero-order valence-electron chi connectivity index (χ0n) is 16.1. The van der Waals surface area contributed by atoms with Crippen LogP contribution < -0.4 is 9.99 Å².